The largest absolute Gasteiger partial charge is 0.491 e. The van der Waals surface area contributed by atoms with E-state index in [1.807, 2.05) is 12.1 Å². The smallest absolute Gasteiger partial charge is 0.307 e. The van der Waals surface area contributed by atoms with Gasteiger partial charge in [-0.15, -0.1) is 0 Å². The SMILES string of the molecule is CCCCCCCCc1ccc(OCCOCCOCCOCCOCCOCCOCCC(=O)OC)cc1. The highest BCUT2D eigenvalue weighted by molar-refractivity contribution is 5.69. The zero-order valence-corrected chi connectivity index (χ0v) is 24.3. The molecule has 0 saturated heterocycles. The van der Waals surface area contributed by atoms with Crippen LogP contribution in [0.25, 0.3) is 0 Å². The highest BCUT2D eigenvalue weighted by atomic mass is 16.6. The first-order chi connectivity index (χ1) is 19.3. The lowest BCUT2D eigenvalue weighted by Crippen LogP contribution is -2.15. The summed E-state index contributed by atoms with van der Waals surface area (Å²) in [6, 6.07) is 8.42. The van der Waals surface area contributed by atoms with Gasteiger partial charge >= 0.3 is 5.97 Å². The monoisotopic (exact) mass is 556 g/mol. The molecule has 0 aromatic heterocycles. The van der Waals surface area contributed by atoms with Gasteiger partial charge in [-0.1, -0.05) is 51.2 Å². The van der Waals surface area contributed by atoms with Crippen LogP contribution in [-0.2, 0) is 44.4 Å². The second-order valence-electron chi connectivity index (χ2n) is 9.01. The Labute approximate surface area is 235 Å². The first-order valence-electron chi connectivity index (χ1n) is 14.5. The van der Waals surface area contributed by atoms with E-state index in [0.717, 1.165) is 12.2 Å². The van der Waals surface area contributed by atoms with Gasteiger partial charge in [0.05, 0.1) is 92.8 Å². The number of methoxy groups -OCH3 is 1. The van der Waals surface area contributed by atoms with E-state index in [1.54, 1.807) is 0 Å². The average Bonchev–Trinajstić information content (AvgIpc) is 2.96. The maximum absolute atomic E-state index is 10.9. The van der Waals surface area contributed by atoms with Crippen LogP contribution in [0, 0.1) is 0 Å². The van der Waals surface area contributed by atoms with Gasteiger partial charge in [-0.3, -0.25) is 4.79 Å². The third kappa shape index (κ3) is 23.8. The van der Waals surface area contributed by atoms with Crippen molar-refractivity contribution in [2.45, 2.75) is 58.3 Å². The molecule has 1 aromatic rings. The summed E-state index contributed by atoms with van der Waals surface area (Å²) in [6.07, 6.45) is 9.34. The van der Waals surface area contributed by atoms with Gasteiger partial charge in [0.1, 0.15) is 12.4 Å². The minimum Gasteiger partial charge on any atom is -0.491 e. The number of hydrogen-bond acceptors (Lipinski definition) is 9. The summed E-state index contributed by atoms with van der Waals surface area (Å²) < 4.78 is 42.9. The minimum atomic E-state index is -0.278. The number of ether oxygens (including phenoxy) is 8. The molecule has 1 rings (SSSR count). The Morgan fingerprint density at radius 1 is 0.564 bits per heavy atom. The fraction of sp³-hybridized carbons (Fsp3) is 0.767. The topological polar surface area (TPSA) is 90.9 Å². The maximum Gasteiger partial charge on any atom is 0.307 e. The average molecular weight is 557 g/mol. The summed E-state index contributed by atoms with van der Waals surface area (Å²) in [4.78, 5) is 10.9. The normalized spacial score (nSPS) is 11.1. The molecule has 39 heavy (non-hydrogen) atoms. The molecule has 0 radical (unpaired) electrons. The number of carbonyl (C=O) groups is 1. The van der Waals surface area contributed by atoms with Gasteiger partial charge in [-0.05, 0) is 30.5 Å². The number of aryl methyl sites for hydroxylation is 1. The molecule has 0 heterocycles. The lowest BCUT2D eigenvalue weighted by molar-refractivity contribution is -0.141. The standard InChI is InChI=1S/C30H52O9/c1-3-4-5-6-7-8-9-28-10-12-29(13-11-28)39-27-26-38-25-24-37-23-22-36-21-20-35-19-18-34-17-16-33-15-14-30(31)32-2/h10-13H,3-9,14-27H2,1-2H3. The summed E-state index contributed by atoms with van der Waals surface area (Å²) in [5.74, 6) is 0.605. The second kappa shape index (κ2) is 27.8. The quantitative estimate of drug-likeness (QED) is 0.103. The minimum absolute atomic E-state index is 0.253. The molecule has 0 bridgehead atoms. The van der Waals surface area contributed by atoms with Crippen LogP contribution in [0.15, 0.2) is 24.3 Å². The Kier molecular flexibility index (Phi) is 25.1. The molecular weight excluding hydrogens is 504 g/mol. The molecule has 0 fully saturated rings. The van der Waals surface area contributed by atoms with Gasteiger partial charge in [0.2, 0.25) is 0 Å². The fourth-order valence-electron chi connectivity index (χ4n) is 3.54. The summed E-state index contributed by atoms with van der Waals surface area (Å²) in [7, 11) is 1.36. The van der Waals surface area contributed by atoms with Crippen LogP contribution < -0.4 is 4.74 Å². The Balaban J connectivity index is 1.77. The van der Waals surface area contributed by atoms with Crippen molar-refractivity contribution >= 4 is 5.97 Å². The molecule has 0 aliphatic rings. The van der Waals surface area contributed by atoms with Gasteiger partial charge in [-0.2, -0.15) is 0 Å². The van der Waals surface area contributed by atoms with E-state index < -0.39 is 0 Å². The van der Waals surface area contributed by atoms with E-state index in [9.17, 15) is 4.79 Å². The zero-order chi connectivity index (χ0) is 28.1. The van der Waals surface area contributed by atoms with Crippen LogP contribution in [0.2, 0.25) is 0 Å². The summed E-state index contributed by atoms with van der Waals surface area (Å²) >= 11 is 0. The lowest BCUT2D eigenvalue weighted by atomic mass is 10.0. The molecule has 9 nitrogen and oxygen atoms in total. The van der Waals surface area contributed by atoms with Crippen molar-refractivity contribution in [2.24, 2.45) is 0 Å². The molecule has 0 aliphatic carbocycles. The van der Waals surface area contributed by atoms with Crippen molar-refractivity contribution in [3.8, 4) is 5.75 Å². The van der Waals surface area contributed by atoms with Crippen molar-refractivity contribution in [3.05, 3.63) is 29.8 Å². The van der Waals surface area contributed by atoms with E-state index in [1.165, 1.54) is 51.2 Å². The van der Waals surface area contributed by atoms with E-state index in [0.29, 0.717) is 85.9 Å². The number of hydrogen-bond donors (Lipinski definition) is 0. The maximum atomic E-state index is 10.9. The molecule has 0 amide bonds. The highest BCUT2D eigenvalue weighted by Crippen LogP contribution is 2.15. The molecule has 0 unspecified atom stereocenters. The van der Waals surface area contributed by atoms with Crippen molar-refractivity contribution in [1.82, 2.24) is 0 Å². The molecule has 0 saturated carbocycles. The highest BCUT2D eigenvalue weighted by Gasteiger charge is 2.00. The molecule has 9 heteroatoms. The van der Waals surface area contributed by atoms with Crippen LogP contribution in [-0.4, -0.2) is 99.0 Å². The molecule has 0 N–H and O–H groups in total. The van der Waals surface area contributed by atoms with Gasteiger partial charge in [0, 0.05) is 0 Å². The predicted molar refractivity (Wildman–Crippen MR) is 151 cm³/mol. The van der Waals surface area contributed by atoms with Crippen LogP contribution in [0.3, 0.4) is 0 Å². The Morgan fingerprint density at radius 2 is 1.00 bits per heavy atom. The van der Waals surface area contributed by atoms with E-state index >= 15 is 0 Å². The second-order valence-corrected chi connectivity index (χ2v) is 9.01. The number of esters is 1. The molecule has 0 spiro atoms. The van der Waals surface area contributed by atoms with Gasteiger partial charge in [-0.25, -0.2) is 0 Å². The lowest BCUT2D eigenvalue weighted by Gasteiger charge is -2.09. The Morgan fingerprint density at radius 3 is 1.49 bits per heavy atom. The first-order valence-corrected chi connectivity index (χ1v) is 14.5. The Bertz CT molecular complexity index is 654. The predicted octanol–water partition coefficient (Wildman–Crippen LogP) is 4.63. The van der Waals surface area contributed by atoms with Gasteiger partial charge in [0.15, 0.2) is 0 Å². The van der Waals surface area contributed by atoms with Crippen molar-refractivity contribution < 1.29 is 42.7 Å². The van der Waals surface area contributed by atoms with Crippen LogP contribution in [0.1, 0.15) is 57.4 Å². The van der Waals surface area contributed by atoms with Crippen molar-refractivity contribution in [3.63, 3.8) is 0 Å². The van der Waals surface area contributed by atoms with Gasteiger partial charge < -0.3 is 37.9 Å². The number of benzene rings is 1. The van der Waals surface area contributed by atoms with Crippen LogP contribution in [0.5, 0.6) is 5.75 Å². The van der Waals surface area contributed by atoms with E-state index in [-0.39, 0.29) is 12.4 Å². The van der Waals surface area contributed by atoms with E-state index in [2.05, 4.69) is 23.8 Å². The van der Waals surface area contributed by atoms with Crippen molar-refractivity contribution in [1.29, 1.82) is 0 Å². The molecular formula is C30H52O9. The fourth-order valence-corrected chi connectivity index (χ4v) is 3.54. The molecule has 0 atom stereocenters. The Hall–Kier alpha value is -1.75. The molecule has 0 aliphatic heterocycles. The number of carbonyl (C=O) groups excluding carboxylic acids is 1. The third-order valence-electron chi connectivity index (χ3n) is 5.78. The van der Waals surface area contributed by atoms with Crippen LogP contribution in [0.4, 0.5) is 0 Å². The van der Waals surface area contributed by atoms with E-state index in [4.69, 9.17) is 33.2 Å². The van der Waals surface area contributed by atoms with Gasteiger partial charge in [0.25, 0.3) is 0 Å². The number of rotatable bonds is 29. The molecule has 1 aromatic carbocycles. The first kappa shape index (κ1) is 35.3. The number of unbranched alkanes of at least 4 members (excludes halogenated alkanes) is 5. The zero-order valence-electron chi connectivity index (χ0n) is 24.3. The summed E-state index contributed by atoms with van der Waals surface area (Å²) in [5, 5.41) is 0. The van der Waals surface area contributed by atoms with Crippen LogP contribution >= 0.6 is 0 Å². The summed E-state index contributed by atoms with van der Waals surface area (Å²) in [5.41, 5.74) is 1.38. The van der Waals surface area contributed by atoms with Crippen molar-refractivity contribution in [2.75, 3.05) is 93.0 Å². The molecule has 226 valence electrons. The third-order valence-corrected chi connectivity index (χ3v) is 5.78. The summed E-state index contributed by atoms with van der Waals surface area (Å²) in [6.45, 7) is 8.62.